The van der Waals surface area contributed by atoms with Gasteiger partial charge in [0.2, 0.25) is 0 Å². The van der Waals surface area contributed by atoms with Crippen molar-refractivity contribution in [3.8, 4) is 0 Å². The number of amides is 1. The second-order valence-electron chi connectivity index (χ2n) is 5.57. The summed E-state index contributed by atoms with van der Waals surface area (Å²) in [5.41, 5.74) is 0.380. The molecule has 0 aromatic carbocycles. The van der Waals surface area contributed by atoms with Crippen molar-refractivity contribution in [2.45, 2.75) is 0 Å². The summed E-state index contributed by atoms with van der Waals surface area (Å²) in [5, 5.41) is 3.24. The molecule has 1 amide bonds. The average Bonchev–Trinajstić information content (AvgIpc) is 2.63. The van der Waals surface area contributed by atoms with Crippen LogP contribution in [0.25, 0.3) is 0 Å². The molecule has 1 aromatic heterocycles. The van der Waals surface area contributed by atoms with Crippen LogP contribution in [0, 0.1) is 0 Å². The Labute approximate surface area is 135 Å². The van der Waals surface area contributed by atoms with Crippen LogP contribution in [0.3, 0.4) is 0 Å². The van der Waals surface area contributed by atoms with Gasteiger partial charge >= 0.3 is 0 Å². The molecule has 1 N–H and O–H groups in total. The van der Waals surface area contributed by atoms with Crippen molar-refractivity contribution in [3.05, 3.63) is 18.1 Å². The lowest BCUT2D eigenvalue weighted by atomic mass is 10.3. The summed E-state index contributed by atoms with van der Waals surface area (Å²) in [6.07, 6.45) is 3.15. The van der Waals surface area contributed by atoms with Gasteiger partial charge in [-0.2, -0.15) is 0 Å². The van der Waals surface area contributed by atoms with E-state index in [0.717, 1.165) is 39.4 Å². The fraction of sp³-hybridized carbons (Fsp3) is 0.667. The quantitative estimate of drug-likeness (QED) is 0.797. The van der Waals surface area contributed by atoms with Gasteiger partial charge in [-0.05, 0) is 0 Å². The molecule has 8 heteroatoms. The normalized spacial score (nSPS) is 19.6. The highest BCUT2D eigenvalue weighted by Gasteiger charge is 2.19. The molecule has 0 atom stereocenters. The molecule has 0 radical (unpaired) electrons. The summed E-state index contributed by atoms with van der Waals surface area (Å²) in [6.45, 7) is 7.68. The minimum atomic E-state index is -0.0827. The predicted molar refractivity (Wildman–Crippen MR) is 84.5 cm³/mol. The second-order valence-corrected chi connectivity index (χ2v) is 5.57. The molecule has 2 aliphatic rings. The molecule has 3 heterocycles. The zero-order valence-corrected chi connectivity index (χ0v) is 13.2. The highest BCUT2D eigenvalue weighted by Crippen LogP contribution is 2.06. The van der Waals surface area contributed by atoms with Crippen molar-refractivity contribution >= 4 is 11.7 Å². The third kappa shape index (κ3) is 4.60. The Bertz CT molecular complexity index is 498. The van der Waals surface area contributed by atoms with Crippen LogP contribution in [-0.2, 0) is 9.47 Å². The maximum atomic E-state index is 12.3. The molecule has 2 fully saturated rings. The van der Waals surface area contributed by atoms with E-state index in [9.17, 15) is 4.79 Å². The number of carbonyl (C=O) groups is 1. The Morgan fingerprint density at radius 3 is 2.39 bits per heavy atom. The molecule has 0 aliphatic carbocycles. The van der Waals surface area contributed by atoms with Crippen LogP contribution >= 0.6 is 0 Å². The molecule has 23 heavy (non-hydrogen) atoms. The monoisotopic (exact) mass is 321 g/mol. The van der Waals surface area contributed by atoms with E-state index in [0.29, 0.717) is 37.8 Å². The van der Waals surface area contributed by atoms with E-state index in [1.54, 1.807) is 11.1 Å². The molecule has 2 saturated heterocycles. The van der Waals surface area contributed by atoms with Gasteiger partial charge in [-0.3, -0.25) is 9.69 Å². The number of carbonyl (C=O) groups excluding carboxylic acids is 1. The van der Waals surface area contributed by atoms with Crippen LogP contribution in [-0.4, -0.2) is 91.4 Å². The van der Waals surface area contributed by atoms with Gasteiger partial charge in [0.05, 0.1) is 38.8 Å². The van der Waals surface area contributed by atoms with Gasteiger partial charge in [0, 0.05) is 39.3 Å². The van der Waals surface area contributed by atoms with Gasteiger partial charge in [-0.15, -0.1) is 0 Å². The molecule has 0 spiro atoms. The number of hydrogen-bond acceptors (Lipinski definition) is 7. The number of hydrogen-bond donors (Lipinski definition) is 1. The van der Waals surface area contributed by atoms with E-state index in [4.69, 9.17) is 9.47 Å². The molecule has 1 aromatic rings. The lowest BCUT2D eigenvalue weighted by molar-refractivity contribution is 0.0298. The second kappa shape index (κ2) is 8.19. The lowest BCUT2D eigenvalue weighted by Gasteiger charge is -2.26. The Morgan fingerprint density at radius 1 is 1.04 bits per heavy atom. The van der Waals surface area contributed by atoms with Crippen LogP contribution < -0.4 is 5.32 Å². The Morgan fingerprint density at radius 2 is 1.74 bits per heavy atom. The third-order valence-electron chi connectivity index (χ3n) is 4.01. The van der Waals surface area contributed by atoms with E-state index in [1.807, 2.05) is 0 Å². The Balaban J connectivity index is 1.45. The largest absolute Gasteiger partial charge is 0.379 e. The maximum Gasteiger partial charge on any atom is 0.274 e. The van der Waals surface area contributed by atoms with Gasteiger partial charge in [0.15, 0.2) is 0 Å². The van der Waals surface area contributed by atoms with Crippen molar-refractivity contribution in [2.75, 3.05) is 71.0 Å². The summed E-state index contributed by atoms with van der Waals surface area (Å²) in [7, 11) is 0. The van der Waals surface area contributed by atoms with Gasteiger partial charge in [-0.25, -0.2) is 9.97 Å². The summed E-state index contributed by atoms with van der Waals surface area (Å²) < 4.78 is 10.6. The first-order chi connectivity index (χ1) is 11.3. The minimum absolute atomic E-state index is 0.0827. The lowest BCUT2D eigenvalue weighted by Crippen LogP contribution is -2.41. The smallest absolute Gasteiger partial charge is 0.274 e. The minimum Gasteiger partial charge on any atom is -0.379 e. The van der Waals surface area contributed by atoms with E-state index >= 15 is 0 Å². The van der Waals surface area contributed by atoms with Crippen molar-refractivity contribution in [2.24, 2.45) is 0 Å². The van der Waals surface area contributed by atoms with Gasteiger partial charge in [-0.1, -0.05) is 0 Å². The summed E-state index contributed by atoms with van der Waals surface area (Å²) in [6, 6.07) is 0. The van der Waals surface area contributed by atoms with Crippen molar-refractivity contribution < 1.29 is 14.3 Å². The summed E-state index contributed by atoms with van der Waals surface area (Å²) >= 11 is 0. The molecule has 0 bridgehead atoms. The Kier molecular flexibility index (Phi) is 5.73. The third-order valence-corrected chi connectivity index (χ3v) is 4.01. The fourth-order valence-electron chi connectivity index (χ4n) is 2.63. The Hall–Kier alpha value is -1.77. The molecular formula is C15H23N5O3. The van der Waals surface area contributed by atoms with Crippen molar-refractivity contribution in [3.63, 3.8) is 0 Å². The molecule has 0 saturated carbocycles. The highest BCUT2D eigenvalue weighted by molar-refractivity contribution is 5.92. The van der Waals surface area contributed by atoms with Crippen molar-refractivity contribution in [1.82, 2.24) is 19.8 Å². The zero-order valence-electron chi connectivity index (χ0n) is 13.2. The van der Waals surface area contributed by atoms with Gasteiger partial charge < -0.3 is 19.7 Å². The van der Waals surface area contributed by atoms with Crippen LogP contribution in [0.1, 0.15) is 10.5 Å². The predicted octanol–water partition coefficient (Wildman–Crippen LogP) is -0.307. The number of aromatic nitrogens is 2. The van der Waals surface area contributed by atoms with Crippen LogP contribution in [0.4, 0.5) is 5.82 Å². The van der Waals surface area contributed by atoms with E-state index in [-0.39, 0.29) is 5.91 Å². The SMILES string of the molecule is O=C(c1cnc(NCCN2CCOCC2)cn1)N1CCOCC1. The molecule has 0 unspecified atom stereocenters. The number of nitrogens with zero attached hydrogens (tertiary/aromatic N) is 4. The highest BCUT2D eigenvalue weighted by atomic mass is 16.5. The first-order valence-corrected chi connectivity index (χ1v) is 8.06. The molecule has 126 valence electrons. The standard InChI is InChI=1S/C15H23N5O3/c21-15(20-5-9-23-10-6-20)13-11-18-14(12-17-13)16-1-2-19-3-7-22-8-4-19/h11-12H,1-10H2,(H,16,18). The van der Waals surface area contributed by atoms with Crippen LogP contribution in [0.5, 0.6) is 0 Å². The molecular weight excluding hydrogens is 298 g/mol. The first kappa shape index (κ1) is 16.1. The van der Waals surface area contributed by atoms with E-state index in [2.05, 4.69) is 20.2 Å². The van der Waals surface area contributed by atoms with E-state index in [1.165, 1.54) is 6.20 Å². The first-order valence-electron chi connectivity index (χ1n) is 8.06. The number of anilines is 1. The fourth-order valence-corrected chi connectivity index (χ4v) is 2.63. The van der Waals surface area contributed by atoms with Gasteiger partial charge in [0.25, 0.3) is 5.91 Å². The number of morpholine rings is 2. The summed E-state index contributed by atoms with van der Waals surface area (Å²) in [5.74, 6) is 0.609. The molecule has 3 rings (SSSR count). The average molecular weight is 321 g/mol. The number of rotatable bonds is 5. The molecule has 2 aliphatic heterocycles. The topological polar surface area (TPSA) is 79.8 Å². The zero-order chi connectivity index (χ0) is 15.9. The number of ether oxygens (including phenoxy) is 2. The van der Waals surface area contributed by atoms with Gasteiger partial charge in [0.1, 0.15) is 11.5 Å². The van der Waals surface area contributed by atoms with Crippen molar-refractivity contribution in [1.29, 1.82) is 0 Å². The van der Waals surface area contributed by atoms with Crippen LogP contribution in [0.2, 0.25) is 0 Å². The number of nitrogens with one attached hydrogen (secondary N) is 1. The summed E-state index contributed by atoms with van der Waals surface area (Å²) in [4.78, 5) is 24.9. The van der Waals surface area contributed by atoms with Crippen LogP contribution in [0.15, 0.2) is 12.4 Å². The maximum absolute atomic E-state index is 12.3. The van der Waals surface area contributed by atoms with E-state index < -0.39 is 0 Å². The molecule has 8 nitrogen and oxygen atoms in total.